The minimum absolute atomic E-state index is 0.121. The summed E-state index contributed by atoms with van der Waals surface area (Å²) < 4.78 is 1.61. The van der Waals surface area contributed by atoms with Gasteiger partial charge in [-0.3, -0.25) is 9.59 Å². The summed E-state index contributed by atoms with van der Waals surface area (Å²) in [5, 5.41) is 7.37. The van der Waals surface area contributed by atoms with E-state index in [0.29, 0.717) is 31.0 Å². The normalized spacial score (nSPS) is 13.9. The van der Waals surface area contributed by atoms with Crippen LogP contribution in [-0.4, -0.2) is 52.7 Å². The van der Waals surface area contributed by atoms with Gasteiger partial charge in [0.05, 0.1) is 5.69 Å². The largest absolute Gasteiger partial charge is 0.368 e. The number of carbonyl (C=O) groups excluding carboxylic acids is 2. The minimum Gasteiger partial charge on any atom is -0.368 e. The van der Waals surface area contributed by atoms with E-state index in [2.05, 4.69) is 27.4 Å². The van der Waals surface area contributed by atoms with Gasteiger partial charge in [-0.1, -0.05) is 43.3 Å². The zero-order valence-corrected chi connectivity index (χ0v) is 17.0. The number of para-hydroxylation sites is 2. The number of piperazine rings is 1. The van der Waals surface area contributed by atoms with Crippen molar-refractivity contribution in [2.75, 3.05) is 36.4 Å². The van der Waals surface area contributed by atoms with Gasteiger partial charge in [-0.15, -0.1) is 0 Å². The topological polar surface area (TPSA) is 70.5 Å². The van der Waals surface area contributed by atoms with Gasteiger partial charge in [-0.05, 0) is 24.3 Å². The summed E-state index contributed by atoms with van der Waals surface area (Å²) in [5.74, 6) is 0.256. The van der Waals surface area contributed by atoms with Crippen molar-refractivity contribution in [2.24, 2.45) is 0 Å². The van der Waals surface area contributed by atoms with E-state index < -0.39 is 0 Å². The summed E-state index contributed by atoms with van der Waals surface area (Å²) >= 11 is 0. The Balaban J connectivity index is 1.52. The first-order chi connectivity index (χ1) is 14.7. The number of nitrogens with one attached hydrogen (secondary N) is 1. The molecule has 2 aromatic carbocycles. The molecule has 3 aromatic rings. The molecule has 0 radical (unpaired) electrons. The van der Waals surface area contributed by atoms with Gasteiger partial charge in [0.1, 0.15) is 5.82 Å². The monoisotopic (exact) mass is 403 g/mol. The highest BCUT2D eigenvalue weighted by Crippen LogP contribution is 2.20. The molecule has 1 aliphatic rings. The summed E-state index contributed by atoms with van der Waals surface area (Å²) in [6.07, 6.45) is 0.352. The molecule has 0 saturated carbocycles. The van der Waals surface area contributed by atoms with E-state index in [1.165, 1.54) is 5.69 Å². The average molecular weight is 403 g/mol. The van der Waals surface area contributed by atoms with Crippen LogP contribution in [0.15, 0.2) is 66.7 Å². The zero-order valence-electron chi connectivity index (χ0n) is 17.0. The molecule has 2 amide bonds. The van der Waals surface area contributed by atoms with Crippen LogP contribution >= 0.6 is 0 Å². The maximum absolute atomic E-state index is 13.1. The van der Waals surface area contributed by atoms with Crippen molar-refractivity contribution in [1.82, 2.24) is 14.7 Å². The highest BCUT2D eigenvalue weighted by atomic mass is 16.2. The van der Waals surface area contributed by atoms with Crippen LogP contribution in [0.4, 0.5) is 11.5 Å². The number of hydrogen-bond acceptors (Lipinski definition) is 4. The molecule has 2 heterocycles. The van der Waals surface area contributed by atoms with Crippen molar-refractivity contribution in [2.45, 2.75) is 13.3 Å². The predicted octanol–water partition coefficient (Wildman–Crippen LogP) is 3.18. The number of amides is 2. The van der Waals surface area contributed by atoms with Crippen molar-refractivity contribution >= 4 is 23.3 Å². The molecule has 1 aliphatic heterocycles. The SMILES string of the molecule is CCC(=O)Nc1cc(C(=O)N2CCN(c3ccccc3)CC2)nn1-c1ccccc1. The van der Waals surface area contributed by atoms with E-state index in [0.717, 1.165) is 18.8 Å². The summed E-state index contributed by atoms with van der Waals surface area (Å²) in [6.45, 7) is 4.59. The quantitative estimate of drug-likeness (QED) is 0.710. The second-order valence-corrected chi connectivity index (χ2v) is 7.18. The lowest BCUT2D eigenvalue weighted by Crippen LogP contribution is -2.48. The van der Waals surface area contributed by atoms with Crippen LogP contribution in [0.1, 0.15) is 23.8 Å². The molecule has 1 fully saturated rings. The number of hydrogen-bond donors (Lipinski definition) is 1. The Morgan fingerprint density at radius 1 is 0.900 bits per heavy atom. The van der Waals surface area contributed by atoms with E-state index in [1.54, 1.807) is 17.7 Å². The molecule has 0 atom stereocenters. The summed E-state index contributed by atoms with van der Waals surface area (Å²) in [6, 6.07) is 21.4. The molecule has 7 heteroatoms. The molecule has 0 aliphatic carbocycles. The third kappa shape index (κ3) is 4.20. The van der Waals surface area contributed by atoms with Gasteiger partial charge in [0.15, 0.2) is 5.69 Å². The van der Waals surface area contributed by atoms with Crippen LogP contribution in [0.2, 0.25) is 0 Å². The summed E-state index contributed by atoms with van der Waals surface area (Å²) in [5.41, 5.74) is 2.29. The molecular formula is C23H25N5O2. The lowest BCUT2D eigenvalue weighted by atomic mass is 10.2. The molecule has 30 heavy (non-hydrogen) atoms. The summed E-state index contributed by atoms with van der Waals surface area (Å²) in [4.78, 5) is 29.2. The van der Waals surface area contributed by atoms with E-state index >= 15 is 0 Å². The maximum atomic E-state index is 13.1. The number of anilines is 2. The predicted molar refractivity (Wildman–Crippen MR) is 117 cm³/mol. The van der Waals surface area contributed by atoms with Crippen molar-refractivity contribution in [3.63, 3.8) is 0 Å². The highest BCUT2D eigenvalue weighted by Gasteiger charge is 2.25. The van der Waals surface area contributed by atoms with Gasteiger partial charge in [-0.25, -0.2) is 4.68 Å². The number of aromatic nitrogens is 2. The lowest BCUT2D eigenvalue weighted by molar-refractivity contribution is -0.115. The first kappa shape index (κ1) is 19.7. The number of nitrogens with zero attached hydrogens (tertiary/aromatic N) is 4. The van der Waals surface area contributed by atoms with Crippen molar-refractivity contribution < 1.29 is 9.59 Å². The van der Waals surface area contributed by atoms with Crippen LogP contribution in [0.25, 0.3) is 5.69 Å². The van der Waals surface area contributed by atoms with E-state index in [4.69, 9.17) is 0 Å². The third-order valence-electron chi connectivity index (χ3n) is 5.21. The number of benzene rings is 2. The Labute approximate surface area is 175 Å². The van der Waals surface area contributed by atoms with Crippen molar-refractivity contribution in [1.29, 1.82) is 0 Å². The minimum atomic E-state index is -0.123. The second-order valence-electron chi connectivity index (χ2n) is 7.18. The molecular weight excluding hydrogens is 378 g/mol. The fourth-order valence-corrected chi connectivity index (χ4v) is 3.54. The van der Waals surface area contributed by atoms with Gasteiger partial charge in [0, 0.05) is 44.4 Å². The van der Waals surface area contributed by atoms with Gasteiger partial charge in [0.25, 0.3) is 5.91 Å². The van der Waals surface area contributed by atoms with Crippen LogP contribution in [0.5, 0.6) is 0 Å². The molecule has 0 unspecified atom stereocenters. The van der Waals surface area contributed by atoms with Gasteiger partial charge in [-0.2, -0.15) is 5.10 Å². The molecule has 4 rings (SSSR count). The van der Waals surface area contributed by atoms with Gasteiger partial charge in [0.2, 0.25) is 5.91 Å². The molecule has 154 valence electrons. The Morgan fingerprint density at radius 3 is 2.10 bits per heavy atom. The Morgan fingerprint density at radius 2 is 1.50 bits per heavy atom. The van der Waals surface area contributed by atoms with Gasteiger partial charge >= 0.3 is 0 Å². The fraction of sp³-hybridized carbons (Fsp3) is 0.261. The molecule has 0 spiro atoms. The molecule has 7 nitrogen and oxygen atoms in total. The van der Waals surface area contributed by atoms with Crippen LogP contribution in [-0.2, 0) is 4.79 Å². The second kappa shape index (κ2) is 8.82. The first-order valence-corrected chi connectivity index (χ1v) is 10.2. The summed E-state index contributed by atoms with van der Waals surface area (Å²) in [7, 11) is 0. The third-order valence-corrected chi connectivity index (χ3v) is 5.21. The van der Waals surface area contributed by atoms with E-state index in [-0.39, 0.29) is 11.8 Å². The van der Waals surface area contributed by atoms with Gasteiger partial charge < -0.3 is 15.1 Å². The van der Waals surface area contributed by atoms with Crippen LogP contribution in [0, 0.1) is 0 Å². The first-order valence-electron chi connectivity index (χ1n) is 10.2. The number of rotatable bonds is 5. The van der Waals surface area contributed by atoms with Crippen LogP contribution in [0.3, 0.4) is 0 Å². The molecule has 1 aromatic heterocycles. The molecule has 1 N–H and O–H groups in total. The Hall–Kier alpha value is -3.61. The van der Waals surface area contributed by atoms with Crippen molar-refractivity contribution in [3.05, 3.63) is 72.4 Å². The fourth-order valence-electron chi connectivity index (χ4n) is 3.54. The van der Waals surface area contributed by atoms with E-state index in [1.807, 2.05) is 53.4 Å². The highest BCUT2D eigenvalue weighted by molar-refractivity contribution is 5.95. The van der Waals surface area contributed by atoms with E-state index in [9.17, 15) is 9.59 Å². The lowest BCUT2D eigenvalue weighted by Gasteiger charge is -2.35. The molecule has 1 saturated heterocycles. The maximum Gasteiger partial charge on any atom is 0.274 e. The molecule has 0 bridgehead atoms. The standard InChI is InChI=1S/C23H25N5O2/c1-2-22(29)24-21-17-20(25-28(21)19-11-7-4-8-12-19)23(30)27-15-13-26(14-16-27)18-9-5-3-6-10-18/h3-12,17H,2,13-16H2,1H3,(H,24,29). The smallest absolute Gasteiger partial charge is 0.274 e. The zero-order chi connectivity index (χ0) is 20.9. The van der Waals surface area contributed by atoms with Crippen LogP contribution < -0.4 is 10.2 Å². The number of carbonyl (C=O) groups is 2. The Kier molecular flexibility index (Phi) is 5.79. The average Bonchev–Trinajstić information content (AvgIpc) is 3.23. The Bertz CT molecular complexity index is 1010. The van der Waals surface area contributed by atoms with Crippen molar-refractivity contribution in [3.8, 4) is 5.69 Å².